The predicted octanol–water partition coefficient (Wildman–Crippen LogP) is 2.44. The minimum Gasteiger partial charge on any atom is -0.380 e. The molecule has 0 bridgehead atoms. The van der Waals surface area contributed by atoms with Crippen LogP contribution in [0.4, 0.5) is 0 Å². The largest absolute Gasteiger partial charge is 0.380 e. The average molecular weight is 253 g/mol. The first-order valence-electron chi connectivity index (χ1n) is 5.51. The van der Waals surface area contributed by atoms with Crippen LogP contribution in [0.3, 0.4) is 0 Å². The molecule has 2 rings (SSSR count). The Kier molecular flexibility index (Phi) is 3.60. The van der Waals surface area contributed by atoms with Crippen LogP contribution in [-0.2, 0) is 9.53 Å². The van der Waals surface area contributed by atoms with Crippen LogP contribution in [0.15, 0.2) is 18.2 Å². The summed E-state index contributed by atoms with van der Waals surface area (Å²) in [4.78, 5) is 24.0. The lowest BCUT2D eigenvalue weighted by Gasteiger charge is -2.21. The molecule has 4 heteroatoms. The molecule has 0 saturated carbocycles. The molecule has 1 aliphatic heterocycles. The van der Waals surface area contributed by atoms with Crippen LogP contribution in [-0.4, -0.2) is 24.8 Å². The van der Waals surface area contributed by atoms with Gasteiger partial charge >= 0.3 is 0 Å². The third-order valence-corrected chi connectivity index (χ3v) is 3.27. The highest BCUT2D eigenvalue weighted by Crippen LogP contribution is 2.25. The Morgan fingerprint density at radius 3 is 2.88 bits per heavy atom. The van der Waals surface area contributed by atoms with Gasteiger partial charge in [0.1, 0.15) is 11.7 Å². The molecule has 0 amide bonds. The molecule has 1 unspecified atom stereocenters. The Morgan fingerprint density at radius 1 is 1.47 bits per heavy atom. The highest BCUT2D eigenvalue weighted by atomic mass is 35.5. The van der Waals surface area contributed by atoms with Crippen molar-refractivity contribution in [1.29, 1.82) is 0 Å². The van der Waals surface area contributed by atoms with E-state index < -0.39 is 5.92 Å². The van der Waals surface area contributed by atoms with Gasteiger partial charge in [-0.2, -0.15) is 0 Å². The second-order valence-corrected chi connectivity index (χ2v) is 4.55. The Balaban J connectivity index is 2.33. The lowest BCUT2D eigenvalue weighted by molar-refractivity contribution is -0.128. The third-order valence-electron chi connectivity index (χ3n) is 2.95. The molecule has 0 aromatic heterocycles. The molecule has 17 heavy (non-hydrogen) atoms. The summed E-state index contributed by atoms with van der Waals surface area (Å²) in [5.41, 5.74) is 1.24. The molecule has 1 aromatic carbocycles. The van der Waals surface area contributed by atoms with E-state index in [0.717, 1.165) is 5.56 Å². The number of carbonyl (C=O) groups excluding carboxylic acids is 2. The van der Waals surface area contributed by atoms with E-state index in [-0.39, 0.29) is 18.2 Å². The van der Waals surface area contributed by atoms with Gasteiger partial charge in [-0.1, -0.05) is 23.7 Å². The smallest absolute Gasteiger partial charge is 0.177 e. The van der Waals surface area contributed by atoms with Gasteiger partial charge in [-0.05, 0) is 18.6 Å². The van der Waals surface area contributed by atoms with Crippen LogP contribution in [0.25, 0.3) is 0 Å². The quantitative estimate of drug-likeness (QED) is 0.600. The SMILES string of the molecule is Cc1cccc(Cl)c1C(=O)C1COCCC1=O. The van der Waals surface area contributed by atoms with Gasteiger partial charge in [-0.15, -0.1) is 0 Å². The van der Waals surface area contributed by atoms with E-state index in [9.17, 15) is 9.59 Å². The normalized spacial score (nSPS) is 20.4. The first-order valence-corrected chi connectivity index (χ1v) is 5.89. The molecule has 1 atom stereocenters. The van der Waals surface area contributed by atoms with E-state index in [1.54, 1.807) is 12.1 Å². The molecule has 1 saturated heterocycles. The first kappa shape index (κ1) is 12.3. The topological polar surface area (TPSA) is 43.4 Å². The van der Waals surface area contributed by atoms with Crippen LogP contribution in [0, 0.1) is 12.8 Å². The molecule has 0 radical (unpaired) electrons. The maximum atomic E-state index is 12.3. The molecule has 90 valence electrons. The summed E-state index contributed by atoms with van der Waals surface area (Å²) in [7, 11) is 0. The fraction of sp³-hybridized carbons (Fsp3) is 0.385. The van der Waals surface area contributed by atoms with Crippen LogP contribution < -0.4 is 0 Å². The van der Waals surface area contributed by atoms with Crippen LogP contribution in [0.2, 0.25) is 5.02 Å². The summed E-state index contributed by atoms with van der Waals surface area (Å²) in [5, 5.41) is 0.397. The Hall–Kier alpha value is -1.19. The van der Waals surface area contributed by atoms with E-state index in [1.165, 1.54) is 0 Å². The van der Waals surface area contributed by atoms with E-state index in [2.05, 4.69) is 0 Å². The summed E-state index contributed by atoms with van der Waals surface area (Å²) in [6.07, 6.45) is 0.305. The van der Waals surface area contributed by atoms with Crippen LogP contribution in [0.1, 0.15) is 22.3 Å². The lowest BCUT2D eigenvalue weighted by atomic mass is 9.89. The number of hydrogen-bond donors (Lipinski definition) is 0. The molecule has 1 aliphatic rings. The van der Waals surface area contributed by atoms with Crippen molar-refractivity contribution in [3.63, 3.8) is 0 Å². The van der Waals surface area contributed by atoms with Gasteiger partial charge < -0.3 is 4.74 Å². The summed E-state index contributed by atoms with van der Waals surface area (Å²) in [5.74, 6) is -0.972. The molecule has 0 spiro atoms. The first-order chi connectivity index (χ1) is 8.11. The zero-order chi connectivity index (χ0) is 12.4. The number of benzene rings is 1. The van der Waals surface area contributed by atoms with Crippen molar-refractivity contribution >= 4 is 23.2 Å². The fourth-order valence-electron chi connectivity index (χ4n) is 1.98. The summed E-state index contributed by atoms with van der Waals surface area (Å²) in [6.45, 7) is 2.39. The molecule has 1 aromatic rings. The number of halogens is 1. The number of carbonyl (C=O) groups is 2. The maximum Gasteiger partial charge on any atom is 0.177 e. The summed E-state index contributed by atoms with van der Waals surface area (Å²) in [6, 6.07) is 5.26. The minimum absolute atomic E-state index is 0.0550. The molecule has 1 heterocycles. The number of rotatable bonds is 2. The van der Waals surface area contributed by atoms with Crippen molar-refractivity contribution in [2.24, 2.45) is 5.92 Å². The van der Waals surface area contributed by atoms with E-state index in [1.807, 2.05) is 13.0 Å². The van der Waals surface area contributed by atoms with Gasteiger partial charge in [0.25, 0.3) is 0 Å². The summed E-state index contributed by atoms with van der Waals surface area (Å²) >= 11 is 6.02. The van der Waals surface area contributed by atoms with Crippen LogP contribution >= 0.6 is 11.6 Å². The van der Waals surface area contributed by atoms with Crippen molar-refractivity contribution in [3.8, 4) is 0 Å². The zero-order valence-corrected chi connectivity index (χ0v) is 10.3. The number of hydrogen-bond acceptors (Lipinski definition) is 3. The predicted molar refractivity (Wildman–Crippen MR) is 64.5 cm³/mol. The third kappa shape index (κ3) is 2.40. The number of Topliss-reactive ketones (excluding diaryl/α,β-unsaturated/α-hetero) is 2. The summed E-state index contributed by atoms with van der Waals surface area (Å²) < 4.78 is 5.19. The van der Waals surface area contributed by atoms with E-state index in [0.29, 0.717) is 23.6 Å². The number of ether oxygens (including phenoxy) is 1. The highest BCUT2D eigenvalue weighted by molar-refractivity contribution is 6.34. The molecular formula is C13H13ClO3. The van der Waals surface area contributed by atoms with Gasteiger partial charge in [0.05, 0.1) is 18.2 Å². The zero-order valence-electron chi connectivity index (χ0n) is 9.53. The van der Waals surface area contributed by atoms with Gasteiger partial charge in [-0.3, -0.25) is 9.59 Å². The molecule has 0 aliphatic carbocycles. The monoisotopic (exact) mass is 252 g/mol. The fourth-order valence-corrected chi connectivity index (χ4v) is 2.30. The number of ketones is 2. The Morgan fingerprint density at radius 2 is 2.24 bits per heavy atom. The number of aryl methyl sites for hydroxylation is 1. The lowest BCUT2D eigenvalue weighted by Crippen LogP contribution is -2.34. The van der Waals surface area contributed by atoms with Crippen molar-refractivity contribution in [2.75, 3.05) is 13.2 Å². The van der Waals surface area contributed by atoms with Gasteiger partial charge in [0, 0.05) is 12.0 Å². The van der Waals surface area contributed by atoms with Gasteiger partial charge in [0.15, 0.2) is 5.78 Å². The molecule has 1 fully saturated rings. The van der Waals surface area contributed by atoms with E-state index in [4.69, 9.17) is 16.3 Å². The molecule has 0 N–H and O–H groups in total. The second-order valence-electron chi connectivity index (χ2n) is 4.14. The Labute approximate surface area is 105 Å². The van der Waals surface area contributed by atoms with Crippen LogP contribution in [0.5, 0.6) is 0 Å². The van der Waals surface area contributed by atoms with Gasteiger partial charge in [0.2, 0.25) is 0 Å². The highest BCUT2D eigenvalue weighted by Gasteiger charge is 2.32. The Bertz CT molecular complexity index is 447. The van der Waals surface area contributed by atoms with Crippen molar-refractivity contribution in [2.45, 2.75) is 13.3 Å². The molecular weight excluding hydrogens is 240 g/mol. The second kappa shape index (κ2) is 4.98. The standard InChI is InChI=1S/C13H13ClO3/c1-8-3-2-4-10(14)12(8)13(16)9-7-17-6-5-11(9)15/h2-4,9H,5-7H2,1H3. The molecule has 3 nitrogen and oxygen atoms in total. The average Bonchev–Trinajstić information content (AvgIpc) is 2.29. The minimum atomic E-state index is -0.692. The maximum absolute atomic E-state index is 12.3. The van der Waals surface area contributed by atoms with E-state index >= 15 is 0 Å². The van der Waals surface area contributed by atoms with Gasteiger partial charge in [-0.25, -0.2) is 0 Å². The van der Waals surface area contributed by atoms with Crippen molar-refractivity contribution in [1.82, 2.24) is 0 Å². The van der Waals surface area contributed by atoms with Crippen molar-refractivity contribution < 1.29 is 14.3 Å². The van der Waals surface area contributed by atoms with Crippen molar-refractivity contribution in [3.05, 3.63) is 34.3 Å².